The monoisotopic (exact) mass is 381 g/mol. The van der Waals surface area contributed by atoms with Gasteiger partial charge in [-0.2, -0.15) is 0 Å². The van der Waals surface area contributed by atoms with Crippen molar-refractivity contribution in [3.05, 3.63) is 64.7 Å². The number of benzene rings is 2. The van der Waals surface area contributed by atoms with Crippen LogP contribution in [0.15, 0.2) is 53.5 Å². The van der Waals surface area contributed by atoms with Gasteiger partial charge in [0.15, 0.2) is 5.43 Å². The van der Waals surface area contributed by atoms with E-state index >= 15 is 0 Å². The highest BCUT2D eigenvalue weighted by molar-refractivity contribution is 7.21. The molecule has 0 unspecified atom stereocenters. The van der Waals surface area contributed by atoms with Crippen molar-refractivity contribution in [2.24, 2.45) is 0 Å². The third-order valence-electron chi connectivity index (χ3n) is 4.57. The minimum atomic E-state index is -0.337. The summed E-state index contributed by atoms with van der Waals surface area (Å²) >= 11 is 1.51. The predicted octanol–water partition coefficient (Wildman–Crippen LogP) is 4.37. The predicted molar refractivity (Wildman–Crippen MR) is 110 cm³/mol. The van der Waals surface area contributed by atoms with Crippen LogP contribution >= 0.6 is 11.3 Å². The van der Waals surface area contributed by atoms with Crippen LogP contribution in [0.25, 0.3) is 31.7 Å². The molecule has 0 aliphatic heterocycles. The van der Waals surface area contributed by atoms with Crippen molar-refractivity contribution >= 4 is 32.5 Å². The summed E-state index contributed by atoms with van der Waals surface area (Å²) in [5.74, 6) is -0.337. The highest BCUT2D eigenvalue weighted by Crippen LogP contribution is 2.29. The largest absolute Gasteiger partial charge is 0.346 e. The Bertz CT molecular complexity index is 1150. The van der Waals surface area contributed by atoms with Gasteiger partial charge < -0.3 is 9.47 Å². The van der Waals surface area contributed by atoms with E-state index in [0.717, 1.165) is 23.2 Å². The Balaban J connectivity index is 1.88. The zero-order valence-electron chi connectivity index (χ0n) is 15.3. The standard InChI is InChI=1S/C21H20FN3OS/c1-24(2)10-5-11-25-13-16(20(26)15-9-8-14(22)12-18(15)25)21-23-17-6-3-4-7-19(17)27-21/h3-4,6-9,12-13H,5,10-11H2,1-2H3. The molecule has 0 amide bonds. The molecule has 4 aromatic rings. The molecule has 2 aromatic heterocycles. The highest BCUT2D eigenvalue weighted by Gasteiger charge is 2.15. The van der Waals surface area contributed by atoms with Crippen molar-refractivity contribution < 1.29 is 4.39 Å². The summed E-state index contributed by atoms with van der Waals surface area (Å²) in [5, 5.41) is 1.23. The van der Waals surface area contributed by atoms with Crippen LogP contribution in [0.2, 0.25) is 0 Å². The van der Waals surface area contributed by atoms with E-state index in [0.29, 0.717) is 28.0 Å². The Kier molecular flexibility index (Phi) is 4.76. The molecule has 0 radical (unpaired) electrons. The van der Waals surface area contributed by atoms with Gasteiger partial charge >= 0.3 is 0 Å². The second-order valence-electron chi connectivity index (χ2n) is 6.87. The summed E-state index contributed by atoms with van der Waals surface area (Å²) in [6.45, 7) is 1.62. The van der Waals surface area contributed by atoms with Gasteiger partial charge in [-0.3, -0.25) is 4.79 Å². The molecule has 6 heteroatoms. The lowest BCUT2D eigenvalue weighted by molar-refractivity contribution is 0.387. The summed E-state index contributed by atoms with van der Waals surface area (Å²) < 4.78 is 16.9. The maximum absolute atomic E-state index is 13.8. The summed E-state index contributed by atoms with van der Waals surface area (Å²) in [4.78, 5) is 19.8. The molecule has 4 nitrogen and oxygen atoms in total. The number of hydrogen-bond acceptors (Lipinski definition) is 4. The lowest BCUT2D eigenvalue weighted by atomic mass is 10.1. The summed E-state index contributed by atoms with van der Waals surface area (Å²) in [7, 11) is 4.05. The number of thiazole rings is 1. The van der Waals surface area contributed by atoms with Crippen molar-refractivity contribution in [3.8, 4) is 10.6 Å². The van der Waals surface area contributed by atoms with Gasteiger partial charge in [0, 0.05) is 18.1 Å². The highest BCUT2D eigenvalue weighted by atomic mass is 32.1. The zero-order chi connectivity index (χ0) is 19.0. The minimum Gasteiger partial charge on any atom is -0.346 e. The SMILES string of the molecule is CN(C)CCCn1cc(-c2nc3ccccc3s2)c(=O)c2ccc(F)cc21. The average molecular weight is 381 g/mol. The van der Waals surface area contributed by atoms with Gasteiger partial charge in [-0.05, 0) is 57.4 Å². The number of nitrogens with zero attached hydrogens (tertiary/aromatic N) is 3. The molecule has 0 bridgehead atoms. The van der Waals surface area contributed by atoms with Crippen LogP contribution in [0.3, 0.4) is 0 Å². The van der Waals surface area contributed by atoms with Gasteiger partial charge in [0.05, 0.1) is 21.3 Å². The van der Waals surface area contributed by atoms with Crippen LogP contribution in [-0.4, -0.2) is 35.1 Å². The lowest BCUT2D eigenvalue weighted by Gasteiger charge is -2.15. The molecule has 2 aromatic carbocycles. The molecule has 0 spiro atoms. The van der Waals surface area contributed by atoms with Crippen LogP contribution < -0.4 is 5.43 Å². The number of aryl methyl sites for hydroxylation is 1. The third kappa shape index (κ3) is 3.50. The normalized spacial score (nSPS) is 11.7. The maximum atomic E-state index is 13.8. The Morgan fingerprint density at radius 3 is 2.78 bits per heavy atom. The number of rotatable bonds is 5. The van der Waals surface area contributed by atoms with Gasteiger partial charge in [-0.15, -0.1) is 11.3 Å². The van der Waals surface area contributed by atoms with E-state index in [4.69, 9.17) is 0 Å². The number of halogens is 1. The Morgan fingerprint density at radius 1 is 1.19 bits per heavy atom. The topological polar surface area (TPSA) is 38.1 Å². The second-order valence-corrected chi connectivity index (χ2v) is 7.90. The molecule has 138 valence electrons. The van der Waals surface area contributed by atoms with Crippen LogP contribution in [0, 0.1) is 5.82 Å². The summed E-state index contributed by atoms with van der Waals surface area (Å²) in [6.07, 6.45) is 2.73. The molecule has 0 saturated heterocycles. The molecular weight excluding hydrogens is 361 g/mol. The number of para-hydroxylation sites is 1. The Morgan fingerprint density at radius 2 is 2.00 bits per heavy atom. The van der Waals surface area contributed by atoms with E-state index in [2.05, 4.69) is 9.88 Å². The molecule has 2 heterocycles. The van der Waals surface area contributed by atoms with Crippen LogP contribution in [0.5, 0.6) is 0 Å². The zero-order valence-corrected chi connectivity index (χ0v) is 16.1. The van der Waals surface area contributed by atoms with Gasteiger partial charge in [0.25, 0.3) is 0 Å². The van der Waals surface area contributed by atoms with Gasteiger partial charge in [0.2, 0.25) is 0 Å². The van der Waals surface area contributed by atoms with E-state index < -0.39 is 0 Å². The maximum Gasteiger partial charge on any atom is 0.199 e. The first kappa shape index (κ1) is 17.8. The molecule has 0 saturated carbocycles. The van der Waals surface area contributed by atoms with E-state index in [1.807, 2.05) is 49.1 Å². The van der Waals surface area contributed by atoms with E-state index in [1.165, 1.54) is 23.5 Å². The van der Waals surface area contributed by atoms with Crippen LogP contribution in [0.4, 0.5) is 4.39 Å². The second kappa shape index (κ2) is 7.21. The first-order chi connectivity index (χ1) is 13.0. The smallest absolute Gasteiger partial charge is 0.199 e. The van der Waals surface area contributed by atoms with Crippen molar-refractivity contribution in [2.45, 2.75) is 13.0 Å². The Labute approximate surface area is 160 Å². The number of hydrogen-bond donors (Lipinski definition) is 0. The van der Waals surface area contributed by atoms with Crippen LogP contribution in [0.1, 0.15) is 6.42 Å². The minimum absolute atomic E-state index is 0.104. The van der Waals surface area contributed by atoms with E-state index in [9.17, 15) is 9.18 Å². The summed E-state index contributed by atoms with van der Waals surface area (Å²) in [6, 6.07) is 12.2. The van der Waals surface area contributed by atoms with Gasteiger partial charge in [-0.1, -0.05) is 12.1 Å². The molecule has 0 aliphatic rings. The molecule has 0 aliphatic carbocycles. The van der Waals surface area contributed by atoms with Gasteiger partial charge in [0.1, 0.15) is 10.8 Å². The number of pyridine rings is 1. The number of aromatic nitrogens is 2. The fourth-order valence-electron chi connectivity index (χ4n) is 3.25. The van der Waals surface area contributed by atoms with Crippen molar-refractivity contribution in [1.29, 1.82) is 0 Å². The van der Waals surface area contributed by atoms with Crippen LogP contribution in [-0.2, 0) is 6.54 Å². The quantitative estimate of drug-likeness (QED) is 0.515. The van der Waals surface area contributed by atoms with Crippen molar-refractivity contribution in [2.75, 3.05) is 20.6 Å². The molecule has 0 atom stereocenters. The number of fused-ring (bicyclic) bond motifs is 2. The van der Waals surface area contributed by atoms with Crippen molar-refractivity contribution in [1.82, 2.24) is 14.5 Å². The molecule has 27 heavy (non-hydrogen) atoms. The molecule has 0 N–H and O–H groups in total. The average Bonchev–Trinajstić information content (AvgIpc) is 3.07. The van der Waals surface area contributed by atoms with Gasteiger partial charge in [-0.25, -0.2) is 9.37 Å². The lowest BCUT2D eigenvalue weighted by Crippen LogP contribution is -2.17. The van der Waals surface area contributed by atoms with Crippen molar-refractivity contribution in [3.63, 3.8) is 0 Å². The third-order valence-corrected chi connectivity index (χ3v) is 5.64. The molecular formula is C21H20FN3OS. The van der Waals surface area contributed by atoms with E-state index in [1.54, 1.807) is 6.07 Å². The molecule has 4 rings (SSSR count). The summed E-state index contributed by atoms with van der Waals surface area (Å²) in [5.41, 5.74) is 1.98. The fourth-order valence-corrected chi connectivity index (χ4v) is 4.22. The fraction of sp³-hybridized carbons (Fsp3) is 0.238. The molecule has 0 fully saturated rings. The first-order valence-corrected chi connectivity index (χ1v) is 9.68. The first-order valence-electron chi connectivity index (χ1n) is 8.86. The van der Waals surface area contributed by atoms with E-state index in [-0.39, 0.29) is 11.2 Å². The Hall–Kier alpha value is -2.57.